The van der Waals surface area contributed by atoms with E-state index in [1.807, 2.05) is 15.6 Å². The lowest BCUT2D eigenvalue weighted by atomic mass is 10.1. The second kappa shape index (κ2) is 7.88. The van der Waals surface area contributed by atoms with E-state index in [0.717, 1.165) is 55.0 Å². The van der Waals surface area contributed by atoms with E-state index in [9.17, 15) is 4.79 Å². The minimum absolute atomic E-state index is 0.0855. The summed E-state index contributed by atoms with van der Waals surface area (Å²) in [6.45, 7) is 15.0. The summed E-state index contributed by atoms with van der Waals surface area (Å²) in [4.78, 5) is 25.3. The van der Waals surface area contributed by atoms with Crippen molar-refractivity contribution in [2.75, 3.05) is 32.7 Å². The van der Waals surface area contributed by atoms with Gasteiger partial charge in [-0.15, -0.1) is 11.3 Å². The zero-order valence-electron chi connectivity index (χ0n) is 17.9. The molecule has 29 heavy (non-hydrogen) atoms. The third kappa shape index (κ3) is 3.69. The normalized spacial score (nSPS) is 15.6. The highest BCUT2D eigenvalue weighted by molar-refractivity contribution is 7.12. The molecule has 154 valence electrons. The Labute approximate surface area is 176 Å². The summed E-state index contributed by atoms with van der Waals surface area (Å²) < 4.78 is 1.92. The molecule has 4 heterocycles. The molecule has 0 aliphatic carbocycles. The van der Waals surface area contributed by atoms with Gasteiger partial charge in [-0.1, -0.05) is 6.92 Å². The van der Waals surface area contributed by atoms with Crippen LogP contribution >= 0.6 is 11.3 Å². The fraction of sp³-hybridized carbons (Fsp3) is 0.500. The number of fused-ring (bicyclic) bond motifs is 1. The van der Waals surface area contributed by atoms with Crippen LogP contribution in [-0.2, 0) is 0 Å². The number of piperazine rings is 1. The molecule has 7 heteroatoms. The zero-order valence-corrected chi connectivity index (χ0v) is 18.7. The summed E-state index contributed by atoms with van der Waals surface area (Å²) >= 11 is 1.76. The van der Waals surface area contributed by atoms with Crippen molar-refractivity contribution in [1.29, 1.82) is 0 Å². The number of rotatable bonds is 4. The van der Waals surface area contributed by atoms with Gasteiger partial charge in [0, 0.05) is 47.5 Å². The van der Waals surface area contributed by atoms with Gasteiger partial charge in [-0.05, 0) is 46.4 Å². The standard InChI is InChI=1S/C22H29N5OS/c1-6-25-7-9-26(10-8-25)22(28)18-12-20(17-11-15(4)29-16(17)5)24-21-19(18)13-23-27(21)14(2)3/h11-14H,6-10H2,1-5H3. The molecular weight excluding hydrogens is 382 g/mol. The molecule has 1 aliphatic rings. The highest BCUT2D eigenvalue weighted by Crippen LogP contribution is 2.33. The Morgan fingerprint density at radius 2 is 1.90 bits per heavy atom. The third-order valence-electron chi connectivity index (χ3n) is 5.71. The Morgan fingerprint density at radius 1 is 1.17 bits per heavy atom. The lowest BCUT2D eigenvalue weighted by Crippen LogP contribution is -2.48. The molecule has 4 rings (SSSR count). The number of carbonyl (C=O) groups is 1. The zero-order chi connectivity index (χ0) is 20.7. The quantitative estimate of drug-likeness (QED) is 0.648. The Hall–Kier alpha value is -2.25. The van der Waals surface area contributed by atoms with Gasteiger partial charge in [-0.2, -0.15) is 5.10 Å². The van der Waals surface area contributed by atoms with Crippen molar-refractivity contribution in [3.8, 4) is 11.3 Å². The largest absolute Gasteiger partial charge is 0.336 e. The first-order chi connectivity index (χ1) is 13.9. The van der Waals surface area contributed by atoms with E-state index in [1.54, 1.807) is 17.5 Å². The van der Waals surface area contributed by atoms with Crippen molar-refractivity contribution in [3.05, 3.63) is 33.6 Å². The first-order valence-electron chi connectivity index (χ1n) is 10.4. The Kier molecular flexibility index (Phi) is 5.44. The molecule has 0 saturated carbocycles. The van der Waals surface area contributed by atoms with Crippen LogP contribution in [0.15, 0.2) is 18.3 Å². The van der Waals surface area contributed by atoms with E-state index < -0.39 is 0 Å². The molecule has 1 saturated heterocycles. The molecule has 0 unspecified atom stereocenters. The molecule has 1 amide bonds. The minimum Gasteiger partial charge on any atom is -0.336 e. The SMILES string of the molecule is CCN1CCN(C(=O)c2cc(-c3cc(C)sc3C)nc3c2cnn3C(C)C)CC1. The number of carbonyl (C=O) groups excluding carboxylic acids is 1. The summed E-state index contributed by atoms with van der Waals surface area (Å²) in [6.07, 6.45) is 1.80. The van der Waals surface area contributed by atoms with Gasteiger partial charge in [0.05, 0.1) is 22.8 Å². The predicted octanol–water partition coefficient (Wildman–Crippen LogP) is 4.14. The Balaban J connectivity index is 1.82. The minimum atomic E-state index is 0.0855. The topological polar surface area (TPSA) is 54.3 Å². The van der Waals surface area contributed by atoms with Crippen molar-refractivity contribution in [3.63, 3.8) is 0 Å². The van der Waals surface area contributed by atoms with Gasteiger partial charge >= 0.3 is 0 Å². The van der Waals surface area contributed by atoms with Crippen LogP contribution in [0.25, 0.3) is 22.3 Å². The number of thiophene rings is 1. The van der Waals surface area contributed by atoms with E-state index >= 15 is 0 Å². The lowest BCUT2D eigenvalue weighted by Gasteiger charge is -2.34. The number of pyridine rings is 1. The van der Waals surface area contributed by atoms with E-state index in [4.69, 9.17) is 4.98 Å². The molecule has 1 aliphatic heterocycles. The molecule has 0 radical (unpaired) electrons. The fourth-order valence-corrected chi connectivity index (χ4v) is 4.97. The molecule has 3 aromatic rings. The molecule has 0 spiro atoms. The first-order valence-corrected chi connectivity index (χ1v) is 11.2. The van der Waals surface area contributed by atoms with Gasteiger partial charge < -0.3 is 9.80 Å². The van der Waals surface area contributed by atoms with Gasteiger partial charge in [0.15, 0.2) is 5.65 Å². The van der Waals surface area contributed by atoms with E-state index in [2.05, 4.69) is 50.7 Å². The molecule has 6 nitrogen and oxygen atoms in total. The van der Waals surface area contributed by atoms with Crippen LogP contribution in [-0.4, -0.2) is 63.2 Å². The van der Waals surface area contributed by atoms with Crippen LogP contribution < -0.4 is 0 Å². The molecule has 3 aromatic heterocycles. The van der Waals surface area contributed by atoms with Crippen LogP contribution in [0.2, 0.25) is 0 Å². The third-order valence-corrected chi connectivity index (χ3v) is 6.68. The summed E-state index contributed by atoms with van der Waals surface area (Å²) in [6, 6.07) is 4.31. The van der Waals surface area contributed by atoms with Crippen LogP contribution in [0.5, 0.6) is 0 Å². The molecule has 1 fully saturated rings. The Bertz CT molecular complexity index is 1040. The van der Waals surface area contributed by atoms with Crippen LogP contribution in [0.4, 0.5) is 0 Å². The van der Waals surface area contributed by atoms with Crippen molar-refractivity contribution in [2.24, 2.45) is 0 Å². The smallest absolute Gasteiger partial charge is 0.254 e. The molecule has 0 aromatic carbocycles. The van der Waals surface area contributed by atoms with Crippen LogP contribution in [0.1, 0.15) is 46.9 Å². The number of nitrogens with zero attached hydrogens (tertiary/aromatic N) is 5. The van der Waals surface area contributed by atoms with Crippen LogP contribution in [0, 0.1) is 13.8 Å². The van der Waals surface area contributed by atoms with Crippen molar-refractivity contribution in [2.45, 2.75) is 40.7 Å². The summed E-state index contributed by atoms with van der Waals surface area (Å²) in [5.74, 6) is 0.0855. The Morgan fingerprint density at radius 3 is 2.48 bits per heavy atom. The molecular formula is C22H29N5OS. The maximum atomic E-state index is 13.5. The first kappa shape index (κ1) is 20.0. The maximum Gasteiger partial charge on any atom is 0.254 e. The average molecular weight is 412 g/mol. The number of hydrogen-bond donors (Lipinski definition) is 0. The van der Waals surface area contributed by atoms with Gasteiger partial charge in [0.1, 0.15) is 0 Å². The highest BCUT2D eigenvalue weighted by atomic mass is 32.1. The van der Waals surface area contributed by atoms with Crippen molar-refractivity contribution < 1.29 is 4.79 Å². The fourth-order valence-electron chi connectivity index (χ4n) is 4.03. The van der Waals surface area contributed by atoms with Gasteiger partial charge in [0.2, 0.25) is 0 Å². The van der Waals surface area contributed by atoms with Gasteiger partial charge in [-0.3, -0.25) is 4.79 Å². The summed E-state index contributed by atoms with van der Waals surface area (Å²) in [5, 5.41) is 5.39. The molecule has 0 bridgehead atoms. The van der Waals surface area contributed by atoms with Crippen molar-refractivity contribution in [1.82, 2.24) is 24.6 Å². The summed E-state index contributed by atoms with van der Waals surface area (Å²) in [5.41, 5.74) is 3.47. The lowest BCUT2D eigenvalue weighted by molar-refractivity contribution is 0.0645. The maximum absolute atomic E-state index is 13.5. The molecule has 0 atom stereocenters. The predicted molar refractivity (Wildman–Crippen MR) is 119 cm³/mol. The van der Waals surface area contributed by atoms with Crippen LogP contribution in [0.3, 0.4) is 0 Å². The van der Waals surface area contributed by atoms with E-state index in [1.165, 1.54) is 9.75 Å². The number of likely N-dealkylation sites (N-methyl/N-ethyl adjacent to an activating group) is 1. The van der Waals surface area contributed by atoms with E-state index in [-0.39, 0.29) is 11.9 Å². The second-order valence-electron chi connectivity index (χ2n) is 8.03. The molecule has 0 N–H and O–H groups in total. The number of aryl methyl sites for hydroxylation is 2. The average Bonchev–Trinajstić information content (AvgIpc) is 3.29. The van der Waals surface area contributed by atoms with Gasteiger partial charge in [-0.25, -0.2) is 9.67 Å². The second-order valence-corrected chi connectivity index (χ2v) is 9.49. The monoisotopic (exact) mass is 411 g/mol. The van der Waals surface area contributed by atoms with Gasteiger partial charge in [0.25, 0.3) is 5.91 Å². The highest BCUT2D eigenvalue weighted by Gasteiger charge is 2.25. The number of aromatic nitrogens is 3. The van der Waals surface area contributed by atoms with E-state index in [0.29, 0.717) is 5.56 Å². The summed E-state index contributed by atoms with van der Waals surface area (Å²) in [7, 11) is 0. The number of amides is 1. The van der Waals surface area contributed by atoms with Crippen molar-refractivity contribution >= 4 is 28.3 Å². The number of hydrogen-bond acceptors (Lipinski definition) is 5.